The standard InChI is InChI=1S/C27H31N5O4/c1-16-28-11-10-21(29-16)18-13-31(14-18)22-4-2-3-5-24(22)36-19-6-7-20-17(12-19)15-32(27(20)35)23-8-9-25(33)30-26(23)34/h6-7,10-12,18,22-24H,2-5,8-9,13-15H2,1H3,(H,30,33,34). The molecule has 0 spiro atoms. The van der Waals surface area contributed by atoms with Gasteiger partial charge in [-0.05, 0) is 62.4 Å². The van der Waals surface area contributed by atoms with E-state index in [0.29, 0.717) is 30.5 Å². The van der Waals surface area contributed by atoms with Crippen LogP contribution in [0.1, 0.15) is 71.9 Å². The Hall–Kier alpha value is -3.33. The Morgan fingerprint density at radius 2 is 1.89 bits per heavy atom. The third-order valence-corrected chi connectivity index (χ3v) is 8.04. The van der Waals surface area contributed by atoms with Gasteiger partial charge < -0.3 is 9.64 Å². The molecular formula is C27H31N5O4. The van der Waals surface area contributed by atoms with Crippen LogP contribution in [0.15, 0.2) is 30.5 Å². The first-order chi connectivity index (χ1) is 17.5. The van der Waals surface area contributed by atoms with E-state index in [-0.39, 0.29) is 30.2 Å². The van der Waals surface area contributed by atoms with Gasteiger partial charge in [0.15, 0.2) is 0 Å². The first-order valence-electron chi connectivity index (χ1n) is 12.9. The number of hydrogen-bond acceptors (Lipinski definition) is 7. The van der Waals surface area contributed by atoms with E-state index in [1.54, 1.807) is 4.90 Å². The number of nitrogens with zero attached hydrogens (tertiary/aromatic N) is 4. The zero-order valence-corrected chi connectivity index (χ0v) is 20.5. The topological polar surface area (TPSA) is 105 Å². The minimum Gasteiger partial charge on any atom is -0.489 e. The molecule has 1 aromatic heterocycles. The van der Waals surface area contributed by atoms with Crippen LogP contribution < -0.4 is 10.1 Å². The second-order valence-electron chi connectivity index (χ2n) is 10.4. The van der Waals surface area contributed by atoms with Gasteiger partial charge in [-0.25, -0.2) is 9.97 Å². The van der Waals surface area contributed by atoms with Crippen molar-refractivity contribution in [2.24, 2.45) is 0 Å². The summed E-state index contributed by atoms with van der Waals surface area (Å²) in [6, 6.07) is 7.43. The lowest BCUT2D eigenvalue weighted by atomic mass is 9.85. The van der Waals surface area contributed by atoms with Crippen molar-refractivity contribution in [3.8, 4) is 5.75 Å². The van der Waals surface area contributed by atoms with Crippen molar-refractivity contribution >= 4 is 17.7 Å². The molecule has 1 aromatic carbocycles. The van der Waals surface area contributed by atoms with Crippen molar-refractivity contribution in [1.29, 1.82) is 0 Å². The van der Waals surface area contributed by atoms with Gasteiger partial charge in [-0.1, -0.05) is 6.42 Å². The molecule has 6 rings (SSSR count). The van der Waals surface area contributed by atoms with Crippen LogP contribution in [0.3, 0.4) is 0 Å². The van der Waals surface area contributed by atoms with Gasteiger partial charge in [0.25, 0.3) is 5.91 Å². The first kappa shape index (κ1) is 23.1. The molecule has 1 N–H and O–H groups in total. The maximum Gasteiger partial charge on any atom is 0.255 e. The fraction of sp³-hybridized carbons (Fsp3) is 0.519. The van der Waals surface area contributed by atoms with Crippen molar-refractivity contribution in [3.63, 3.8) is 0 Å². The van der Waals surface area contributed by atoms with Crippen LogP contribution in [-0.4, -0.2) is 68.8 Å². The highest BCUT2D eigenvalue weighted by atomic mass is 16.5. The number of piperidine rings is 1. The second kappa shape index (κ2) is 9.28. The number of nitrogens with one attached hydrogen (secondary N) is 1. The molecule has 36 heavy (non-hydrogen) atoms. The van der Waals surface area contributed by atoms with Crippen LogP contribution in [0.2, 0.25) is 0 Å². The van der Waals surface area contributed by atoms with Crippen LogP contribution in [0, 0.1) is 6.92 Å². The Bertz CT molecular complexity index is 1210. The number of fused-ring (bicyclic) bond motifs is 1. The average molecular weight is 490 g/mol. The average Bonchev–Trinajstić information content (AvgIpc) is 3.15. The Morgan fingerprint density at radius 3 is 2.69 bits per heavy atom. The summed E-state index contributed by atoms with van der Waals surface area (Å²) in [5, 5.41) is 2.35. The van der Waals surface area contributed by atoms with Gasteiger partial charge in [-0.3, -0.25) is 24.6 Å². The summed E-state index contributed by atoms with van der Waals surface area (Å²) in [5.41, 5.74) is 2.60. The maximum absolute atomic E-state index is 13.0. The number of ether oxygens (including phenoxy) is 1. The summed E-state index contributed by atoms with van der Waals surface area (Å²) in [6.45, 7) is 4.26. The molecule has 3 atom stereocenters. The lowest BCUT2D eigenvalue weighted by Gasteiger charge is -2.48. The van der Waals surface area contributed by atoms with E-state index in [0.717, 1.165) is 55.2 Å². The summed E-state index contributed by atoms with van der Waals surface area (Å²) in [7, 11) is 0. The Kier molecular flexibility index (Phi) is 5.95. The number of aromatic nitrogens is 2. The quantitative estimate of drug-likeness (QED) is 0.643. The fourth-order valence-corrected chi connectivity index (χ4v) is 6.10. The summed E-state index contributed by atoms with van der Waals surface area (Å²) < 4.78 is 6.54. The van der Waals surface area contributed by atoms with Crippen LogP contribution >= 0.6 is 0 Å². The lowest BCUT2D eigenvalue weighted by molar-refractivity contribution is -0.136. The molecule has 2 aromatic rings. The van der Waals surface area contributed by atoms with Crippen molar-refractivity contribution in [2.45, 2.75) is 76.1 Å². The highest BCUT2D eigenvalue weighted by Gasteiger charge is 2.41. The number of rotatable bonds is 5. The smallest absolute Gasteiger partial charge is 0.255 e. The minimum absolute atomic E-state index is 0.105. The number of carbonyl (C=O) groups is 3. The molecule has 4 heterocycles. The molecule has 0 bridgehead atoms. The van der Waals surface area contributed by atoms with Crippen LogP contribution in [0.4, 0.5) is 0 Å². The molecule has 0 radical (unpaired) electrons. The predicted molar refractivity (Wildman–Crippen MR) is 130 cm³/mol. The number of aryl methyl sites for hydroxylation is 1. The Balaban J connectivity index is 1.12. The van der Waals surface area contributed by atoms with E-state index >= 15 is 0 Å². The third kappa shape index (κ3) is 4.25. The normalized spacial score (nSPS) is 27.0. The van der Waals surface area contributed by atoms with Crippen LogP contribution in [0.5, 0.6) is 5.75 Å². The first-order valence-corrected chi connectivity index (χ1v) is 12.9. The fourth-order valence-electron chi connectivity index (χ4n) is 6.10. The highest BCUT2D eigenvalue weighted by Crippen LogP contribution is 2.36. The van der Waals surface area contributed by atoms with E-state index in [2.05, 4.69) is 20.2 Å². The SMILES string of the molecule is Cc1nccc(C2CN(C3CCCCC3Oc3ccc4c(c3)CN(C3CCC(=O)NC3=O)C4=O)C2)n1. The molecule has 3 unspecified atom stereocenters. The zero-order chi connectivity index (χ0) is 24.8. The Morgan fingerprint density at radius 1 is 1.06 bits per heavy atom. The van der Waals surface area contributed by atoms with Crippen molar-refractivity contribution in [3.05, 3.63) is 53.1 Å². The largest absolute Gasteiger partial charge is 0.489 e. The molecule has 9 nitrogen and oxygen atoms in total. The van der Waals surface area contributed by atoms with Gasteiger partial charge >= 0.3 is 0 Å². The summed E-state index contributed by atoms with van der Waals surface area (Å²) in [4.78, 5) is 49.7. The molecule has 2 saturated heterocycles. The van der Waals surface area contributed by atoms with Gasteiger partial charge in [0.1, 0.15) is 23.7 Å². The summed E-state index contributed by atoms with van der Waals surface area (Å²) in [5.74, 6) is 1.20. The number of likely N-dealkylation sites (tertiary alicyclic amines) is 1. The third-order valence-electron chi connectivity index (χ3n) is 8.04. The van der Waals surface area contributed by atoms with Gasteiger partial charge in [-0.2, -0.15) is 0 Å². The van der Waals surface area contributed by atoms with E-state index in [4.69, 9.17) is 4.74 Å². The summed E-state index contributed by atoms with van der Waals surface area (Å²) in [6.07, 6.45) is 7.05. The lowest BCUT2D eigenvalue weighted by Crippen LogP contribution is -2.57. The maximum atomic E-state index is 13.0. The molecule has 3 aliphatic heterocycles. The van der Waals surface area contributed by atoms with Crippen molar-refractivity contribution < 1.29 is 19.1 Å². The monoisotopic (exact) mass is 489 g/mol. The molecule has 9 heteroatoms. The molecular weight excluding hydrogens is 458 g/mol. The highest BCUT2D eigenvalue weighted by molar-refractivity contribution is 6.05. The van der Waals surface area contributed by atoms with Gasteiger partial charge in [0.05, 0.1) is 0 Å². The number of carbonyl (C=O) groups excluding carboxylic acids is 3. The molecule has 3 fully saturated rings. The second-order valence-corrected chi connectivity index (χ2v) is 10.4. The van der Waals surface area contributed by atoms with Crippen LogP contribution in [0.25, 0.3) is 0 Å². The van der Waals surface area contributed by atoms with Gasteiger partial charge in [-0.15, -0.1) is 0 Å². The zero-order valence-electron chi connectivity index (χ0n) is 20.5. The van der Waals surface area contributed by atoms with E-state index < -0.39 is 6.04 Å². The molecule has 1 aliphatic carbocycles. The summed E-state index contributed by atoms with van der Waals surface area (Å²) >= 11 is 0. The minimum atomic E-state index is -0.604. The number of hydrogen-bond donors (Lipinski definition) is 1. The van der Waals surface area contributed by atoms with Crippen molar-refractivity contribution in [1.82, 2.24) is 25.1 Å². The van der Waals surface area contributed by atoms with Crippen LogP contribution in [-0.2, 0) is 16.1 Å². The van der Waals surface area contributed by atoms with E-state index in [9.17, 15) is 14.4 Å². The number of imide groups is 1. The van der Waals surface area contributed by atoms with Crippen molar-refractivity contribution in [2.75, 3.05) is 13.1 Å². The van der Waals surface area contributed by atoms with E-state index in [1.807, 2.05) is 37.4 Å². The number of amides is 3. The molecule has 1 saturated carbocycles. The molecule has 4 aliphatic rings. The Labute approximate surface area is 210 Å². The predicted octanol–water partition coefficient (Wildman–Crippen LogP) is 2.34. The molecule has 188 valence electrons. The number of benzene rings is 1. The van der Waals surface area contributed by atoms with Gasteiger partial charge in [0.2, 0.25) is 11.8 Å². The van der Waals surface area contributed by atoms with Gasteiger partial charge in [0, 0.05) is 55.5 Å². The molecule has 3 amide bonds. The van der Waals surface area contributed by atoms with E-state index in [1.165, 1.54) is 6.42 Å².